The van der Waals surface area contributed by atoms with Crippen LogP contribution >= 0.6 is 11.3 Å². The highest BCUT2D eigenvalue weighted by Gasteiger charge is 2.28. The second-order valence-electron chi connectivity index (χ2n) is 5.88. The van der Waals surface area contributed by atoms with E-state index in [9.17, 15) is 18.5 Å². The zero-order valence-corrected chi connectivity index (χ0v) is 15.0. The number of nitro groups is 1. The molecule has 2 aromatic rings. The molecule has 134 valence electrons. The minimum absolute atomic E-state index is 0.115. The average molecular weight is 383 g/mol. The lowest BCUT2D eigenvalue weighted by atomic mass is 10.1. The number of rotatable bonds is 4. The summed E-state index contributed by atoms with van der Waals surface area (Å²) >= 11 is 1.56. The van der Waals surface area contributed by atoms with Crippen LogP contribution in [0.2, 0.25) is 0 Å². The molecule has 0 saturated carbocycles. The number of morpholine rings is 1. The molecule has 0 spiro atoms. The zero-order valence-electron chi connectivity index (χ0n) is 13.4. The van der Waals surface area contributed by atoms with Crippen LogP contribution in [-0.4, -0.2) is 32.5 Å². The fraction of sp³-hybridized carbons (Fsp3) is 0.333. The van der Waals surface area contributed by atoms with Gasteiger partial charge in [0.15, 0.2) is 0 Å². The molecular weight excluding hydrogens is 366 g/mol. The molecule has 1 fully saturated rings. The number of nitro benzene ring substituents is 1. The van der Waals surface area contributed by atoms with Gasteiger partial charge in [0.05, 0.1) is 15.9 Å². The van der Waals surface area contributed by atoms with Gasteiger partial charge in [-0.25, -0.2) is 13.6 Å². The number of sulfonamides is 1. The largest absolute Gasteiger partial charge is 0.367 e. The molecule has 2 N–H and O–H groups in total. The van der Waals surface area contributed by atoms with Gasteiger partial charge >= 0.3 is 0 Å². The highest BCUT2D eigenvalue weighted by molar-refractivity contribution is 7.89. The van der Waals surface area contributed by atoms with Gasteiger partial charge in [-0.15, -0.1) is 0 Å². The van der Waals surface area contributed by atoms with Crippen molar-refractivity contribution in [2.75, 3.05) is 18.0 Å². The molecule has 1 aliphatic heterocycles. The van der Waals surface area contributed by atoms with E-state index in [4.69, 9.17) is 9.88 Å². The summed E-state index contributed by atoms with van der Waals surface area (Å²) in [5.74, 6) is 0. The normalized spacial score (nSPS) is 21.3. The summed E-state index contributed by atoms with van der Waals surface area (Å²) in [4.78, 5) is 12.1. The van der Waals surface area contributed by atoms with Crippen molar-refractivity contribution >= 4 is 32.7 Å². The lowest BCUT2D eigenvalue weighted by molar-refractivity contribution is -0.385. The van der Waals surface area contributed by atoms with E-state index in [1.54, 1.807) is 11.3 Å². The van der Waals surface area contributed by atoms with E-state index in [2.05, 4.69) is 0 Å². The number of hydrogen-bond donors (Lipinski definition) is 1. The molecule has 1 aromatic carbocycles. The van der Waals surface area contributed by atoms with Crippen molar-refractivity contribution in [3.63, 3.8) is 0 Å². The first-order valence-corrected chi connectivity index (χ1v) is 9.98. The molecule has 0 bridgehead atoms. The van der Waals surface area contributed by atoms with Gasteiger partial charge in [0, 0.05) is 30.9 Å². The standard InChI is InChI=1S/C15H17N3O5S2/c1-10-7-17(8-15(23-10)11-2-3-24-9-11)12-4-13(18(19)20)6-14(5-12)25(16,21)22/h2-6,9-10,15H,7-8H2,1H3,(H2,16,21,22). The number of thiophene rings is 1. The van der Waals surface area contributed by atoms with Crippen molar-refractivity contribution in [1.29, 1.82) is 0 Å². The zero-order chi connectivity index (χ0) is 18.2. The van der Waals surface area contributed by atoms with E-state index < -0.39 is 14.9 Å². The Kier molecular flexibility index (Phi) is 4.78. The van der Waals surface area contributed by atoms with Gasteiger partial charge < -0.3 is 9.64 Å². The predicted molar refractivity (Wildman–Crippen MR) is 94.3 cm³/mol. The number of hydrogen-bond acceptors (Lipinski definition) is 7. The van der Waals surface area contributed by atoms with E-state index in [1.807, 2.05) is 28.7 Å². The molecule has 0 amide bonds. The molecule has 1 aromatic heterocycles. The lowest BCUT2D eigenvalue weighted by Crippen LogP contribution is -2.42. The minimum Gasteiger partial charge on any atom is -0.367 e. The number of anilines is 1. The molecule has 0 radical (unpaired) electrons. The van der Waals surface area contributed by atoms with Crippen molar-refractivity contribution in [1.82, 2.24) is 0 Å². The molecule has 10 heteroatoms. The highest BCUT2D eigenvalue weighted by atomic mass is 32.2. The first kappa shape index (κ1) is 17.8. The Hall–Kier alpha value is -2.01. The minimum atomic E-state index is -4.05. The monoisotopic (exact) mass is 383 g/mol. The third-order valence-corrected chi connectivity index (χ3v) is 5.55. The van der Waals surface area contributed by atoms with Gasteiger partial charge in [-0.2, -0.15) is 11.3 Å². The van der Waals surface area contributed by atoms with Crippen molar-refractivity contribution in [3.05, 3.63) is 50.7 Å². The maximum atomic E-state index is 11.7. The fourth-order valence-corrected chi connectivity index (χ4v) is 4.10. The van der Waals surface area contributed by atoms with Crippen LogP contribution in [0.3, 0.4) is 0 Å². The van der Waals surface area contributed by atoms with Crippen LogP contribution in [0.4, 0.5) is 11.4 Å². The van der Waals surface area contributed by atoms with Crippen molar-refractivity contribution in [3.8, 4) is 0 Å². The van der Waals surface area contributed by atoms with Crippen LogP contribution in [-0.2, 0) is 14.8 Å². The van der Waals surface area contributed by atoms with Crippen LogP contribution in [0.25, 0.3) is 0 Å². The SMILES string of the molecule is CC1CN(c2cc([N+](=O)[O-])cc(S(N)(=O)=O)c2)CC(c2ccsc2)O1. The van der Waals surface area contributed by atoms with Gasteiger partial charge in [-0.1, -0.05) is 0 Å². The number of primary sulfonamides is 1. The molecular formula is C15H17N3O5S2. The number of nitrogens with two attached hydrogens (primary N) is 1. The van der Waals surface area contributed by atoms with Crippen LogP contribution < -0.4 is 10.0 Å². The number of ether oxygens (including phenoxy) is 1. The van der Waals surface area contributed by atoms with E-state index in [-0.39, 0.29) is 22.8 Å². The Labute approximate surface area is 149 Å². The molecule has 8 nitrogen and oxygen atoms in total. The Morgan fingerprint density at radius 3 is 2.72 bits per heavy atom. The van der Waals surface area contributed by atoms with E-state index in [0.717, 1.165) is 11.6 Å². The van der Waals surface area contributed by atoms with Crippen LogP contribution in [0.1, 0.15) is 18.6 Å². The van der Waals surface area contributed by atoms with Crippen molar-refractivity contribution in [2.45, 2.75) is 24.0 Å². The van der Waals surface area contributed by atoms with Crippen molar-refractivity contribution in [2.24, 2.45) is 5.14 Å². The van der Waals surface area contributed by atoms with Crippen LogP contribution in [0.5, 0.6) is 0 Å². The Morgan fingerprint density at radius 2 is 2.12 bits per heavy atom. The summed E-state index contributed by atoms with van der Waals surface area (Å²) in [5.41, 5.74) is 1.15. The Balaban J connectivity index is 1.99. The highest BCUT2D eigenvalue weighted by Crippen LogP contribution is 2.32. The van der Waals surface area contributed by atoms with Crippen LogP contribution in [0.15, 0.2) is 39.9 Å². The first-order chi connectivity index (χ1) is 11.7. The van der Waals surface area contributed by atoms with E-state index in [1.165, 1.54) is 12.1 Å². The molecule has 1 aliphatic rings. The van der Waals surface area contributed by atoms with Crippen LogP contribution in [0, 0.1) is 10.1 Å². The maximum Gasteiger partial charge on any atom is 0.272 e. The third-order valence-electron chi connectivity index (χ3n) is 3.96. The second-order valence-corrected chi connectivity index (χ2v) is 8.23. The lowest BCUT2D eigenvalue weighted by Gasteiger charge is -2.38. The smallest absolute Gasteiger partial charge is 0.272 e. The molecule has 0 aliphatic carbocycles. The summed E-state index contributed by atoms with van der Waals surface area (Å²) < 4.78 is 29.3. The Morgan fingerprint density at radius 1 is 1.36 bits per heavy atom. The number of non-ortho nitro benzene ring substituents is 1. The van der Waals surface area contributed by atoms with Crippen molar-refractivity contribution < 1.29 is 18.1 Å². The maximum absolute atomic E-state index is 11.7. The number of nitrogens with zero attached hydrogens (tertiary/aromatic N) is 2. The first-order valence-electron chi connectivity index (χ1n) is 7.49. The third kappa shape index (κ3) is 3.98. The second kappa shape index (κ2) is 6.71. The summed E-state index contributed by atoms with van der Waals surface area (Å²) in [7, 11) is -4.05. The van der Waals surface area contributed by atoms with Gasteiger partial charge in [0.2, 0.25) is 10.0 Å². The Bertz CT molecular complexity index is 883. The summed E-state index contributed by atoms with van der Waals surface area (Å²) in [6.07, 6.45) is -0.303. The predicted octanol–water partition coefficient (Wildman–Crippen LogP) is 2.27. The van der Waals surface area contributed by atoms with Gasteiger partial charge in [-0.3, -0.25) is 10.1 Å². The molecule has 25 heavy (non-hydrogen) atoms. The number of benzene rings is 1. The van der Waals surface area contributed by atoms with E-state index in [0.29, 0.717) is 18.8 Å². The molecule has 2 heterocycles. The average Bonchev–Trinajstić information content (AvgIpc) is 3.07. The summed E-state index contributed by atoms with van der Waals surface area (Å²) in [5, 5.41) is 20.3. The fourth-order valence-electron chi connectivity index (χ4n) is 2.82. The molecule has 2 atom stereocenters. The summed E-state index contributed by atoms with van der Waals surface area (Å²) in [6.45, 7) is 2.86. The molecule has 3 rings (SSSR count). The topological polar surface area (TPSA) is 116 Å². The van der Waals surface area contributed by atoms with Gasteiger partial charge in [0.1, 0.15) is 6.10 Å². The molecule has 2 unspecified atom stereocenters. The van der Waals surface area contributed by atoms with Gasteiger partial charge in [0.25, 0.3) is 5.69 Å². The molecule has 1 saturated heterocycles. The summed E-state index contributed by atoms with van der Waals surface area (Å²) in [6, 6.07) is 5.66. The quantitative estimate of drug-likeness (QED) is 0.639. The van der Waals surface area contributed by atoms with Gasteiger partial charge in [-0.05, 0) is 35.4 Å². The van der Waals surface area contributed by atoms with E-state index >= 15 is 0 Å².